The zero-order chi connectivity index (χ0) is 13.7. The molecule has 0 saturated carbocycles. The molecule has 0 heterocycles. The molecule has 2 N–H and O–H groups in total. The van der Waals surface area contributed by atoms with Crippen LogP contribution in [0.2, 0.25) is 0 Å². The van der Waals surface area contributed by atoms with Crippen molar-refractivity contribution in [3.8, 4) is 0 Å². The largest absolute Gasteiger partial charge is 0.480 e. The Morgan fingerprint density at radius 3 is 2.67 bits per heavy atom. The summed E-state index contributed by atoms with van der Waals surface area (Å²) in [7, 11) is 0. The Kier molecular flexibility index (Phi) is 5.27. The lowest BCUT2D eigenvalue weighted by atomic mass is 10.1. The molecular weight excluding hydrogens is 305 g/mol. The Bertz CT molecular complexity index is 465. The molecule has 0 aromatic heterocycles. The number of rotatable bonds is 5. The van der Waals surface area contributed by atoms with Crippen molar-refractivity contribution in [1.82, 2.24) is 5.32 Å². The summed E-state index contributed by atoms with van der Waals surface area (Å²) < 4.78 is 13.5. The van der Waals surface area contributed by atoms with Gasteiger partial charge in [-0.3, -0.25) is 4.79 Å². The lowest BCUT2D eigenvalue weighted by molar-refractivity contribution is -0.139. The third-order valence-corrected chi connectivity index (χ3v) is 3.01. The van der Waals surface area contributed by atoms with Crippen molar-refractivity contribution in [1.29, 1.82) is 0 Å². The number of benzene rings is 1. The highest BCUT2D eigenvalue weighted by molar-refractivity contribution is 9.10. The molecule has 0 aliphatic carbocycles. The van der Waals surface area contributed by atoms with Gasteiger partial charge in [0.1, 0.15) is 11.9 Å². The van der Waals surface area contributed by atoms with Crippen LogP contribution in [0.3, 0.4) is 0 Å². The highest BCUT2D eigenvalue weighted by Gasteiger charge is 2.19. The van der Waals surface area contributed by atoms with Gasteiger partial charge in [-0.05, 0) is 40.5 Å². The van der Waals surface area contributed by atoms with Crippen LogP contribution in [0, 0.1) is 5.82 Å². The first-order valence-corrected chi connectivity index (χ1v) is 6.23. The summed E-state index contributed by atoms with van der Waals surface area (Å²) in [5.41, 5.74) is 0.0954. The van der Waals surface area contributed by atoms with Crippen molar-refractivity contribution in [2.75, 3.05) is 0 Å². The smallest absolute Gasteiger partial charge is 0.326 e. The molecule has 1 aromatic rings. The minimum Gasteiger partial charge on any atom is -0.480 e. The first-order chi connectivity index (χ1) is 8.45. The topological polar surface area (TPSA) is 66.4 Å². The Balaban J connectivity index is 2.80. The normalized spacial score (nSPS) is 11.9. The lowest BCUT2D eigenvalue weighted by Gasteiger charge is -2.13. The van der Waals surface area contributed by atoms with E-state index in [1.165, 1.54) is 12.1 Å². The molecule has 98 valence electrons. The van der Waals surface area contributed by atoms with E-state index in [1.807, 2.05) is 6.92 Å². The predicted molar refractivity (Wildman–Crippen MR) is 67.9 cm³/mol. The maximum Gasteiger partial charge on any atom is 0.326 e. The van der Waals surface area contributed by atoms with Gasteiger partial charge in [-0.25, -0.2) is 9.18 Å². The van der Waals surface area contributed by atoms with Gasteiger partial charge in [0, 0.05) is 5.56 Å². The third-order valence-electron chi connectivity index (χ3n) is 2.36. The molecule has 18 heavy (non-hydrogen) atoms. The van der Waals surface area contributed by atoms with Crippen LogP contribution >= 0.6 is 15.9 Å². The third kappa shape index (κ3) is 3.80. The van der Waals surface area contributed by atoms with E-state index >= 15 is 0 Å². The molecule has 0 bridgehead atoms. The van der Waals surface area contributed by atoms with Crippen LogP contribution in [0.5, 0.6) is 0 Å². The van der Waals surface area contributed by atoms with Crippen molar-refractivity contribution in [3.63, 3.8) is 0 Å². The Hall–Kier alpha value is -1.43. The number of hydrogen-bond acceptors (Lipinski definition) is 2. The van der Waals surface area contributed by atoms with Crippen molar-refractivity contribution >= 4 is 27.8 Å². The Morgan fingerprint density at radius 1 is 1.50 bits per heavy atom. The maximum atomic E-state index is 13.2. The van der Waals surface area contributed by atoms with E-state index in [0.29, 0.717) is 12.8 Å². The van der Waals surface area contributed by atoms with E-state index in [9.17, 15) is 14.0 Å². The summed E-state index contributed by atoms with van der Waals surface area (Å²) in [5.74, 6) is -2.25. The zero-order valence-electron chi connectivity index (χ0n) is 9.74. The van der Waals surface area contributed by atoms with E-state index in [0.717, 1.165) is 6.07 Å². The fourth-order valence-corrected chi connectivity index (χ4v) is 1.67. The van der Waals surface area contributed by atoms with Crippen LogP contribution in [0.4, 0.5) is 4.39 Å². The van der Waals surface area contributed by atoms with Gasteiger partial charge in [0.2, 0.25) is 0 Å². The van der Waals surface area contributed by atoms with E-state index in [-0.39, 0.29) is 10.0 Å². The zero-order valence-corrected chi connectivity index (χ0v) is 11.3. The lowest BCUT2D eigenvalue weighted by Crippen LogP contribution is -2.40. The average Bonchev–Trinajstić information content (AvgIpc) is 2.31. The second kappa shape index (κ2) is 6.49. The second-order valence-electron chi connectivity index (χ2n) is 3.78. The van der Waals surface area contributed by atoms with Crippen LogP contribution in [0.25, 0.3) is 0 Å². The number of nitrogens with one attached hydrogen (secondary N) is 1. The fraction of sp³-hybridized carbons (Fsp3) is 0.333. The monoisotopic (exact) mass is 317 g/mol. The van der Waals surface area contributed by atoms with E-state index in [1.54, 1.807) is 0 Å². The highest BCUT2D eigenvalue weighted by Crippen LogP contribution is 2.16. The van der Waals surface area contributed by atoms with E-state index in [4.69, 9.17) is 5.11 Å². The Labute approximate surface area is 112 Å². The summed E-state index contributed by atoms with van der Waals surface area (Å²) in [6.45, 7) is 1.82. The number of amides is 1. The molecule has 4 nitrogen and oxygen atoms in total. The number of hydrogen-bond donors (Lipinski definition) is 2. The molecule has 0 fully saturated rings. The maximum absolute atomic E-state index is 13.2. The van der Waals surface area contributed by atoms with Gasteiger partial charge in [0.25, 0.3) is 5.91 Å². The van der Waals surface area contributed by atoms with E-state index in [2.05, 4.69) is 21.2 Å². The summed E-state index contributed by atoms with van der Waals surface area (Å²) in [5, 5.41) is 11.3. The van der Waals surface area contributed by atoms with Gasteiger partial charge in [0.05, 0.1) is 4.47 Å². The van der Waals surface area contributed by atoms with Crippen LogP contribution in [-0.4, -0.2) is 23.0 Å². The number of carboxylic acid groups (broad SMARTS) is 1. The molecule has 1 aromatic carbocycles. The van der Waals surface area contributed by atoms with Crippen LogP contribution in [0.15, 0.2) is 22.7 Å². The summed E-state index contributed by atoms with van der Waals surface area (Å²) in [4.78, 5) is 22.6. The van der Waals surface area contributed by atoms with Gasteiger partial charge in [0.15, 0.2) is 0 Å². The van der Waals surface area contributed by atoms with Crippen molar-refractivity contribution in [2.45, 2.75) is 25.8 Å². The SMILES string of the molecule is CCC[C@H](NC(=O)c1ccc(Br)c(F)c1)C(=O)O. The summed E-state index contributed by atoms with van der Waals surface area (Å²) in [6, 6.07) is 2.94. The molecular formula is C12H13BrFNO3. The standard InChI is InChI=1S/C12H13BrFNO3/c1-2-3-10(12(17)18)15-11(16)7-4-5-8(13)9(14)6-7/h4-6,10H,2-3H2,1H3,(H,15,16)(H,17,18)/t10-/m0/s1. The van der Waals surface area contributed by atoms with Crippen LogP contribution in [-0.2, 0) is 4.79 Å². The molecule has 0 unspecified atom stereocenters. The van der Waals surface area contributed by atoms with E-state index < -0.39 is 23.7 Å². The number of halogens is 2. The molecule has 1 amide bonds. The first-order valence-electron chi connectivity index (χ1n) is 5.44. The number of carboxylic acids is 1. The number of carbonyl (C=O) groups is 2. The van der Waals surface area contributed by atoms with Crippen molar-refractivity contribution in [3.05, 3.63) is 34.1 Å². The fourth-order valence-electron chi connectivity index (χ4n) is 1.43. The second-order valence-corrected chi connectivity index (χ2v) is 4.64. The molecule has 1 rings (SSSR count). The van der Waals surface area contributed by atoms with Gasteiger partial charge in [-0.2, -0.15) is 0 Å². The predicted octanol–water partition coefficient (Wildman–Crippen LogP) is 2.57. The van der Waals surface area contributed by atoms with Crippen LogP contribution in [0.1, 0.15) is 30.1 Å². The quantitative estimate of drug-likeness (QED) is 0.877. The number of aliphatic carboxylic acids is 1. The minimum atomic E-state index is -1.09. The van der Waals surface area contributed by atoms with Gasteiger partial charge in [-0.1, -0.05) is 13.3 Å². The molecule has 6 heteroatoms. The molecule has 0 aliphatic rings. The average molecular weight is 318 g/mol. The molecule has 0 saturated heterocycles. The van der Waals surface area contributed by atoms with Gasteiger partial charge in [-0.15, -0.1) is 0 Å². The molecule has 0 spiro atoms. The minimum absolute atomic E-state index is 0.0954. The van der Waals surface area contributed by atoms with Crippen molar-refractivity contribution < 1.29 is 19.1 Å². The summed E-state index contributed by atoms with van der Waals surface area (Å²) in [6.07, 6.45) is 0.964. The number of carbonyl (C=O) groups excluding carboxylic acids is 1. The van der Waals surface area contributed by atoms with Crippen molar-refractivity contribution in [2.24, 2.45) is 0 Å². The van der Waals surface area contributed by atoms with Crippen LogP contribution < -0.4 is 5.32 Å². The first kappa shape index (κ1) is 14.6. The molecule has 0 aliphatic heterocycles. The molecule has 1 atom stereocenters. The highest BCUT2D eigenvalue weighted by atomic mass is 79.9. The Morgan fingerprint density at radius 2 is 2.17 bits per heavy atom. The summed E-state index contributed by atoms with van der Waals surface area (Å²) >= 11 is 2.98. The van der Waals surface area contributed by atoms with Gasteiger partial charge >= 0.3 is 5.97 Å². The van der Waals surface area contributed by atoms with Gasteiger partial charge < -0.3 is 10.4 Å². The molecule has 0 radical (unpaired) electrons.